The molecule has 0 saturated heterocycles. The van der Waals surface area contributed by atoms with Gasteiger partial charge in [-0.1, -0.05) is 13.8 Å². The van der Waals surface area contributed by atoms with Crippen molar-refractivity contribution in [2.45, 2.75) is 45.6 Å². The number of anilines is 1. The Morgan fingerprint density at radius 1 is 1.53 bits per heavy atom. The molecule has 1 aromatic rings. The van der Waals surface area contributed by atoms with Crippen molar-refractivity contribution in [2.75, 3.05) is 12.3 Å². The van der Waals surface area contributed by atoms with Crippen molar-refractivity contribution < 1.29 is 4.79 Å². The van der Waals surface area contributed by atoms with Gasteiger partial charge in [-0.2, -0.15) is 5.10 Å². The number of nitrogens with one attached hydrogen (secondary N) is 1. The van der Waals surface area contributed by atoms with E-state index in [-0.39, 0.29) is 5.91 Å². The van der Waals surface area contributed by atoms with Crippen LogP contribution in [0, 0.1) is 0 Å². The number of nitrogens with zero attached hydrogens (tertiary/aromatic N) is 2. The quantitative estimate of drug-likeness (QED) is 0.814. The number of nitrogen functional groups attached to an aromatic ring is 1. The van der Waals surface area contributed by atoms with Crippen molar-refractivity contribution in [3.63, 3.8) is 0 Å². The summed E-state index contributed by atoms with van der Waals surface area (Å²) >= 11 is 0. The van der Waals surface area contributed by atoms with Gasteiger partial charge in [0.2, 0.25) is 0 Å². The minimum atomic E-state index is -0.0252. The molecule has 94 valence electrons. The summed E-state index contributed by atoms with van der Waals surface area (Å²) in [6.45, 7) is 4.86. The lowest BCUT2D eigenvalue weighted by Crippen LogP contribution is -2.34. The van der Waals surface area contributed by atoms with Crippen molar-refractivity contribution in [3.05, 3.63) is 11.4 Å². The topological polar surface area (TPSA) is 75.0 Å². The molecular formula is C12H20N4O. The molecule has 17 heavy (non-hydrogen) atoms. The molecule has 5 nitrogen and oxygen atoms in total. The fourth-order valence-electron chi connectivity index (χ4n) is 2.03. The Morgan fingerprint density at radius 3 is 2.71 bits per heavy atom. The second kappa shape index (κ2) is 4.77. The van der Waals surface area contributed by atoms with Crippen LogP contribution >= 0.6 is 0 Å². The first kappa shape index (κ1) is 12.0. The third-order valence-electron chi connectivity index (χ3n) is 3.15. The van der Waals surface area contributed by atoms with Crippen LogP contribution in [-0.2, 0) is 6.42 Å². The monoisotopic (exact) mass is 236 g/mol. The van der Waals surface area contributed by atoms with Gasteiger partial charge in [-0.25, -0.2) is 0 Å². The van der Waals surface area contributed by atoms with Crippen LogP contribution in [0.5, 0.6) is 0 Å². The average molecular weight is 236 g/mol. The van der Waals surface area contributed by atoms with E-state index in [0.29, 0.717) is 17.4 Å². The normalized spacial score (nSPS) is 14.9. The van der Waals surface area contributed by atoms with Gasteiger partial charge in [0.1, 0.15) is 0 Å². The smallest absolute Gasteiger partial charge is 0.276 e. The first-order valence-electron chi connectivity index (χ1n) is 6.32. The van der Waals surface area contributed by atoms with E-state index in [9.17, 15) is 4.79 Å². The van der Waals surface area contributed by atoms with Crippen LogP contribution in [0.15, 0.2) is 0 Å². The van der Waals surface area contributed by atoms with E-state index in [4.69, 9.17) is 5.73 Å². The van der Waals surface area contributed by atoms with E-state index >= 15 is 0 Å². The molecule has 0 radical (unpaired) electrons. The highest BCUT2D eigenvalue weighted by Gasteiger charge is 2.34. The predicted molar refractivity (Wildman–Crippen MR) is 66.7 cm³/mol. The van der Waals surface area contributed by atoms with Crippen molar-refractivity contribution in [3.8, 4) is 0 Å². The molecule has 0 unspecified atom stereocenters. The lowest BCUT2D eigenvalue weighted by atomic mass is 10.2. The number of aryl methyl sites for hydroxylation is 1. The first-order chi connectivity index (χ1) is 8.19. The minimum absolute atomic E-state index is 0.0252. The summed E-state index contributed by atoms with van der Waals surface area (Å²) < 4.78 is 0. The van der Waals surface area contributed by atoms with Gasteiger partial charge in [0.25, 0.3) is 5.91 Å². The second-order valence-corrected chi connectivity index (χ2v) is 4.55. The Labute approximate surface area is 101 Å². The van der Waals surface area contributed by atoms with Crippen LogP contribution in [0.1, 0.15) is 49.3 Å². The molecule has 0 bridgehead atoms. The summed E-state index contributed by atoms with van der Waals surface area (Å²) in [6.07, 6.45) is 3.95. The van der Waals surface area contributed by atoms with Crippen LogP contribution in [-0.4, -0.2) is 33.6 Å². The number of aromatic amines is 1. The maximum atomic E-state index is 12.3. The maximum Gasteiger partial charge on any atom is 0.276 e. The SMILES string of the molecule is CCCN(C(=O)c1n[nH]c(CC)c1N)C1CC1. The lowest BCUT2D eigenvalue weighted by molar-refractivity contribution is 0.0738. The Balaban J connectivity index is 2.19. The summed E-state index contributed by atoms with van der Waals surface area (Å²) in [4.78, 5) is 14.2. The highest BCUT2D eigenvalue weighted by Crippen LogP contribution is 2.29. The molecule has 3 N–H and O–H groups in total. The largest absolute Gasteiger partial charge is 0.395 e. The number of aromatic nitrogens is 2. The zero-order valence-corrected chi connectivity index (χ0v) is 10.5. The van der Waals surface area contributed by atoms with Gasteiger partial charge < -0.3 is 10.6 Å². The lowest BCUT2D eigenvalue weighted by Gasteiger charge is -2.20. The molecule has 5 heteroatoms. The van der Waals surface area contributed by atoms with E-state index in [2.05, 4.69) is 17.1 Å². The number of nitrogens with two attached hydrogens (primary N) is 1. The fraction of sp³-hybridized carbons (Fsp3) is 0.667. The van der Waals surface area contributed by atoms with Crippen LogP contribution in [0.25, 0.3) is 0 Å². The Hall–Kier alpha value is -1.52. The Kier molecular flexibility index (Phi) is 3.36. The van der Waals surface area contributed by atoms with Gasteiger partial charge >= 0.3 is 0 Å². The molecule has 1 amide bonds. The van der Waals surface area contributed by atoms with E-state index in [1.165, 1.54) is 0 Å². The van der Waals surface area contributed by atoms with E-state index in [1.54, 1.807) is 0 Å². The minimum Gasteiger partial charge on any atom is -0.395 e. The van der Waals surface area contributed by atoms with Crippen molar-refractivity contribution >= 4 is 11.6 Å². The Bertz CT molecular complexity index is 409. The fourth-order valence-corrected chi connectivity index (χ4v) is 2.03. The number of carbonyl (C=O) groups excluding carboxylic acids is 1. The van der Waals surface area contributed by atoms with Crippen LogP contribution in [0.2, 0.25) is 0 Å². The van der Waals surface area contributed by atoms with Gasteiger partial charge in [-0.15, -0.1) is 0 Å². The summed E-state index contributed by atoms with van der Waals surface area (Å²) in [6, 6.07) is 0.406. The Morgan fingerprint density at radius 2 is 2.24 bits per heavy atom. The number of amides is 1. The van der Waals surface area contributed by atoms with E-state index < -0.39 is 0 Å². The molecule has 0 aromatic carbocycles. The van der Waals surface area contributed by atoms with E-state index in [1.807, 2.05) is 11.8 Å². The van der Waals surface area contributed by atoms with Crippen molar-refractivity contribution in [1.29, 1.82) is 0 Å². The zero-order chi connectivity index (χ0) is 12.4. The summed E-state index contributed by atoms with van der Waals surface area (Å²) in [5.41, 5.74) is 7.68. The summed E-state index contributed by atoms with van der Waals surface area (Å²) in [5.74, 6) is -0.0252. The molecule has 1 saturated carbocycles. The van der Waals surface area contributed by atoms with Crippen LogP contribution in [0.4, 0.5) is 5.69 Å². The molecule has 0 aliphatic heterocycles. The number of hydrogen-bond acceptors (Lipinski definition) is 3. The molecule has 1 heterocycles. The number of carbonyl (C=O) groups is 1. The van der Waals surface area contributed by atoms with Gasteiger partial charge in [0.15, 0.2) is 5.69 Å². The van der Waals surface area contributed by atoms with Gasteiger partial charge in [0.05, 0.1) is 11.4 Å². The van der Waals surface area contributed by atoms with Gasteiger partial charge in [-0.3, -0.25) is 9.89 Å². The molecule has 1 aromatic heterocycles. The van der Waals surface area contributed by atoms with Crippen LogP contribution < -0.4 is 5.73 Å². The molecule has 1 aliphatic carbocycles. The third-order valence-corrected chi connectivity index (χ3v) is 3.15. The summed E-state index contributed by atoms with van der Waals surface area (Å²) in [5, 5.41) is 6.90. The zero-order valence-electron chi connectivity index (χ0n) is 10.5. The molecule has 2 rings (SSSR count). The highest BCUT2D eigenvalue weighted by atomic mass is 16.2. The summed E-state index contributed by atoms with van der Waals surface area (Å²) in [7, 11) is 0. The highest BCUT2D eigenvalue weighted by molar-refractivity contribution is 5.98. The molecule has 1 aliphatic rings. The third kappa shape index (κ3) is 2.28. The number of H-pyrrole nitrogens is 1. The number of rotatable bonds is 5. The number of hydrogen-bond donors (Lipinski definition) is 2. The predicted octanol–water partition coefficient (Wildman–Crippen LogP) is 1.57. The van der Waals surface area contributed by atoms with Crippen molar-refractivity contribution in [1.82, 2.24) is 15.1 Å². The van der Waals surface area contributed by atoms with Crippen molar-refractivity contribution in [2.24, 2.45) is 0 Å². The molecule has 0 atom stereocenters. The maximum absolute atomic E-state index is 12.3. The van der Waals surface area contributed by atoms with Gasteiger partial charge in [-0.05, 0) is 25.7 Å². The van der Waals surface area contributed by atoms with Crippen LogP contribution in [0.3, 0.4) is 0 Å². The molecule has 0 spiro atoms. The van der Waals surface area contributed by atoms with Gasteiger partial charge in [0, 0.05) is 12.6 Å². The average Bonchev–Trinajstić information content (AvgIpc) is 3.09. The second-order valence-electron chi connectivity index (χ2n) is 4.55. The first-order valence-corrected chi connectivity index (χ1v) is 6.32. The standard InChI is InChI=1S/C12H20N4O/c1-3-7-16(8-5-6-8)12(17)11-10(13)9(4-2)14-15-11/h8H,3-7,13H2,1-2H3,(H,14,15). The van der Waals surface area contributed by atoms with E-state index in [0.717, 1.165) is 37.9 Å². The molecular weight excluding hydrogens is 216 g/mol. The molecule has 1 fully saturated rings.